The van der Waals surface area contributed by atoms with Crippen molar-refractivity contribution in [1.29, 1.82) is 0 Å². The van der Waals surface area contributed by atoms with Crippen molar-refractivity contribution in [1.82, 2.24) is 10.2 Å². The third-order valence-corrected chi connectivity index (χ3v) is 8.89. The Kier molecular flexibility index (Phi) is 11.5. The van der Waals surface area contributed by atoms with E-state index in [9.17, 15) is 9.59 Å². The summed E-state index contributed by atoms with van der Waals surface area (Å²) in [7, 11) is 0. The molecule has 1 unspecified atom stereocenters. The molecule has 0 heterocycles. The minimum Gasteiger partial charge on any atom is -0.483 e. The maximum Gasteiger partial charge on any atom is 0.261 e. The number of nitrogens with one attached hydrogen (secondary N) is 1. The maximum absolute atomic E-state index is 13.9. The first-order valence-electron chi connectivity index (χ1n) is 14.2. The molecule has 5 nitrogen and oxygen atoms in total. The fourth-order valence-corrected chi connectivity index (χ4v) is 5.98. The minimum absolute atomic E-state index is 0.114. The summed E-state index contributed by atoms with van der Waals surface area (Å²) in [6.45, 7) is 4.21. The summed E-state index contributed by atoms with van der Waals surface area (Å²) in [5, 5.41) is 4.08. The van der Waals surface area contributed by atoms with Crippen LogP contribution >= 0.6 is 39.1 Å². The Labute approximate surface area is 261 Å². The van der Waals surface area contributed by atoms with Crippen LogP contribution in [0.15, 0.2) is 71.2 Å². The topological polar surface area (TPSA) is 58.6 Å². The van der Waals surface area contributed by atoms with Crippen LogP contribution in [0.1, 0.15) is 68.6 Å². The van der Waals surface area contributed by atoms with E-state index < -0.39 is 6.04 Å². The highest BCUT2D eigenvalue weighted by atomic mass is 79.9. The van der Waals surface area contributed by atoms with Gasteiger partial charge in [-0.1, -0.05) is 98.8 Å². The second kappa shape index (κ2) is 15.1. The van der Waals surface area contributed by atoms with Crippen molar-refractivity contribution in [2.75, 3.05) is 6.61 Å². The summed E-state index contributed by atoms with van der Waals surface area (Å²) in [6, 6.07) is 20.3. The molecule has 1 N–H and O–H groups in total. The van der Waals surface area contributed by atoms with Crippen LogP contribution in [0, 0.1) is 0 Å². The zero-order chi connectivity index (χ0) is 29.4. The van der Waals surface area contributed by atoms with Crippen LogP contribution in [0.2, 0.25) is 10.0 Å². The van der Waals surface area contributed by atoms with Crippen molar-refractivity contribution in [2.45, 2.75) is 76.9 Å². The van der Waals surface area contributed by atoms with E-state index in [1.807, 2.05) is 54.6 Å². The van der Waals surface area contributed by atoms with Gasteiger partial charge in [-0.05, 0) is 75.6 Å². The Morgan fingerprint density at radius 3 is 2.34 bits per heavy atom. The maximum atomic E-state index is 13.9. The molecular weight excluding hydrogens is 623 g/mol. The fourth-order valence-electron chi connectivity index (χ4n) is 5.15. The highest BCUT2D eigenvalue weighted by Crippen LogP contribution is 2.29. The van der Waals surface area contributed by atoms with Gasteiger partial charge in [-0.15, -0.1) is 0 Å². The predicted octanol–water partition coefficient (Wildman–Crippen LogP) is 8.35. The van der Waals surface area contributed by atoms with Crippen molar-refractivity contribution < 1.29 is 14.3 Å². The molecule has 0 aliphatic heterocycles. The third kappa shape index (κ3) is 8.97. The number of rotatable bonds is 11. The summed E-state index contributed by atoms with van der Waals surface area (Å²) in [6.07, 6.45) is 5.66. The second-order valence-electron chi connectivity index (χ2n) is 11.0. The first kappa shape index (κ1) is 31.4. The summed E-state index contributed by atoms with van der Waals surface area (Å²) >= 11 is 16.1. The Morgan fingerprint density at radius 2 is 1.68 bits per heavy atom. The molecule has 1 atom stereocenters. The van der Waals surface area contributed by atoms with Crippen molar-refractivity contribution in [3.05, 3.63) is 97.9 Å². The monoisotopic (exact) mass is 658 g/mol. The summed E-state index contributed by atoms with van der Waals surface area (Å²) in [5.41, 5.74) is 2.91. The summed E-state index contributed by atoms with van der Waals surface area (Å²) in [4.78, 5) is 29.4. The number of ether oxygens (including phenoxy) is 1. The average molecular weight is 660 g/mol. The van der Waals surface area contributed by atoms with E-state index in [4.69, 9.17) is 27.9 Å². The van der Waals surface area contributed by atoms with Crippen LogP contribution in [0.5, 0.6) is 5.75 Å². The van der Waals surface area contributed by atoms with E-state index in [1.165, 1.54) is 12.0 Å². The second-order valence-corrected chi connectivity index (χ2v) is 12.6. The van der Waals surface area contributed by atoms with E-state index in [1.54, 1.807) is 17.0 Å². The number of amides is 2. The molecular formula is C33H37BrCl2N2O3. The van der Waals surface area contributed by atoms with Gasteiger partial charge in [0.1, 0.15) is 11.8 Å². The van der Waals surface area contributed by atoms with Crippen molar-refractivity contribution in [3.8, 4) is 5.75 Å². The SMILES string of the molecule is CC(C)c1ccc(OCC(=O)N(Cc2ccc(Cl)c(Cl)c2)C(Cc2ccccc2)C(=O)NC2CCCCC2)c(Br)c1. The van der Waals surface area contributed by atoms with Crippen LogP contribution in [0.3, 0.4) is 0 Å². The van der Waals surface area contributed by atoms with Crippen LogP contribution in [0.4, 0.5) is 0 Å². The first-order valence-corrected chi connectivity index (χ1v) is 15.8. The Morgan fingerprint density at radius 1 is 0.951 bits per heavy atom. The number of benzene rings is 3. The quantitative estimate of drug-likeness (QED) is 0.225. The molecule has 0 spiro atoms. The van der Waals surface area contributed by atoms with Crippen LogP contribution in [-0.2, 0) is 22.6 Å². The molecule has 0 aromatic heterocycles. The molecule has 1 aliphatic rings. The average Bonchev–Trinajstić information content (AvgIpc) is 2.96. The fraction of sp³-hybridized carbons (Fsp3) is 0.394. The lowest BCUT2D eigenvalue weighted by molar-refractivity contribution is -0.143. The molecule has 41 heavy (non-hydrogen) atoms. The van der Waals surface area contributed by atoms with E-state index in [0.717, 1.165) is 41.3 Å². The molecule has 1 fully saturated rings. The molecule has 0 saturated heterocycles. The molecule has 3 aromatic carbocycles. The van der Waals surface area contributed by atoms with Gasteiger partial charge in [0.2, 0.25) is 5.91 Å². The lowest BCUT2D eigenvalue weighted by Crippen LogP contribution is -2.53. The molecule has 0 radical (unpaired) electrons. The highest BCUT2D eigenvalue weighted by Gasteiger charge is 2.32. The zero-order valence-electron chi connectivity index (χ0n) is 23.5. The van der Waals surface area contributed by atoms with Crippen LogP contribution in [0.25, 0.3) is 0 Å². The van der Waals surface area contributed by atoms with Crippen LogP contribution in [-0.4, -0.2) is 35.4 Å². The number of carbonyl (C=O) groups excluding carboxylic acids is 2. The standard InChI is InChI=1S/C33H37BrCl2N2O3/c1-22(2)25-14-16-31(27(34)19-25)41-21-32(39)38(20-24-13-15-28(35)29(36)17-24)30(18-23-9-5-3-6-10-23)33(40)37-26-11-7-4-8-12-26/h3,5-6,9-10,13-17,19,22,26,30H,4,7-8,11-12,18,20-21H2,1-2H3,(H,37,40). The first-order chi connectivity index (χ1) is 19.7. The molecule has 2 amide bonds. The van der Waals surface area contributed by atoms with Crippen LogP contribution < -0.4 is 10.1 Å². The van der Waals surface area contributed by atoms with E-state index in [-0.39, 0.29) is 31.0 Å². The van der Waals surface area contributed by atoms with Gasteiger partial charge in [-0.2, -0.15) is 0 Å². The van der Waals surface area contributed by atoms with Gasteiger partial charge >= 0.3 is 0 Å². The highest BCUT2D eigenvalue weighted by molar-refractivity contribution is 9.10. The van der Waals surface area contributed by atoms with Crippen molar-refractivity contribution in [2.24, 2.45) is 0 Å². The molecule has 1 saturated carbocycles. The third-order valence-electron chi connectivity index (χ3n) is 7.53. The Bertz CT molecular complexity index is 1330. The van der Waals surface area contributed by atoms with E-state index in [0.29, 0.717) is 28.1 Å². The summed E-state index contributed by atoms with van der Waals surface area (Å²) in [5.74, 6) is 0.487. The predicted molar refractivity (Wildman–Crippen MR) is 170 cm³/mol. The minimum atomic E-state index is -0.739. The molecule has 3 aromatic rings. The Hall–Kier alpha value is -2.54. The zero-order valence-corrected chi connectivity index (χ0v) is 26.6. The number of hydrogen-bond acceptors (Lipinski definition) is 3. The smallest absolute Gasteiger partial charge is 0.261 e. The largest absolute Gasteiger partial charge is 0.483 e. The molecule has 4 rings (SSSR count). The van der Waals surface area contributed by atoms with E-state index >= 15 is 0 Å². The van der Waals surface area contributed by atoms with E-state index in [2.05, 4.69) is 35.1 Å². The summed E-state index contributed by atoms with van der Waals surface area (Å²) < 4.78 is 6.79. The Balaban J connectivity index is 1.62. The van der Waals surface area contributed by atoms with Gasteiger partial charge in [0.05, 0.1) is 14.5 Å². The van der Waals surface area contributed by atoms with Gasteiger partial charge in [0, 0.05) is 19.0 Å². The van der Waals surface area contributed by atoms with Gasteiger partial charge in [0.25, 0.3) is 5.91 Å². The van der Waals surface area contributed by atoms with Gasteiger partial charge in [-0.3, -0.25) is 9.59 Å². The van der Waals surface area contributed by atoms with Gasteiger partial charge < -0.3 is 15.0 Å². The number of carbonyl (C=O) groups is 2. The number of nitrogens with zero attached hydrogens (tertiary/aromatic N) is 1. The molecule has 0 bridgehead atoms. The lowest BCUT2D eigenvalue weighted by atomic mass is 9.94. The lowest BCUT2D eigenvalue weighted by Gasteiger charge is -2.33. The molecule has 218 valence electrons. The molecule has 1 aliphatic carbocycles. The van der Waals surface area contributed by atoms with Gasteiger partial charge in [-0.25, -0.2) is 0 Å². The van der Waals surface area contributed by atoms with Crippen molar-refractivity contribution in [3.63, 3.8) is 0 Å². The normalized spacial score (nSPS) is 14.5. The van der Waals surface area contributed by atoms with Gasteiger partial charge in [0.15, 0.2) is 6.61 Å². The molecule has 8 heteroatoms. The van der Waals surface area contributed by atoms with Crippen molar-refractivity contribution >= 4 is 50.9 Å². The number of hydrogen-bond donors (Lipinski definition) is 1. The number of halogens is 3.